The van der Waals surface area contributed by atoms with Gasteiger partial charge >= 0.3 is 5.97 Å². The van der Waals surface area contributed by atoms with Crippen LogP contribution in [-0.4, -0.2) is 36.6 Å². The molecule has 0 fully saturated rings. The highest BCUT2D eigenvalue weighted by Gasteiger charge is 2.13. The van der Waals surface area contributed by atoms with Crippen molar-refractivity contribution in [3.8, 4) is 0 Å². The predicted molar refractivity (Wildman–Crippen MR) is 116 cm³/mol. The molecule has 2 amide bonds. The quantitative estimate of drug-likeness (QED) is 0.536. The summed E-state index contributed by atoms with van der Waals surface area (Å²) in [5.74, 6) is -0.952. The van der Waals surface area contributed by atoms with E-state index in [0.717, 1.165) is 5.69 Å². The first kappa shape index (κ1) is 22.0. The molecule has 152 valence electrons. The Balaban J connectivity index is 1.86. The first-order chi connectivity index (χ1) is 13.9. The summed E-state index contributed by atoms with van der Waals surface area (Å²) in [7, 11) is 1.71. The molecule has 0 saturated carbocycles. The number of carbonyl (C=O) groups excluding carboxylic acids is 3. The number of hydrogen-bond donors (Lipinski definition) is 2. The zero-order valence-electron chi connectivity index (χ0n) is 16.3. The van der Waals surface area contributed by atoms with Crippen LogP contribution in [-0.2, 0) is 14.3 Å². The Bertz CT molecular complexity index is 869. The Hall–Kier alpha value is -3.26. The first-order valence-corrected chi connectivity index (χ1v) is 9.51. The Morgan fingerprint density at radius 1 is 1.00 bits per heavy atom. The Morgan fingerprint density at radius 2 is 1.66 bits per heavy atom. The highest BCUT2D eigenvalue weighted by molar-refractivity contribution is 7.80. The van der Waals surface area contributed by atoms with E-state index in [1.54, 1.807) is 43.1 Å². The molecule has 7 nitrogen and oxygen atoms in total. The highest BCUT2D eigenvalue weighted by Crippen LogP contribution is 2.16. The summed E-state index contributed by atoms with van der Waals surface area (Å²) in [5, 5.41) is 5.48. The number of ether oxygens (including phenoxy) is 1. The topological polar surface area (TPSA) is 87.7 Å². The number of thiocarbonyl (C=S) groups is 1. The lowest BCUT2D eigenvalue weighted by molar-refractivity contribution is -0.144. The predicted octanol–water partition coefficient (Wildman–Crippen LogP) is 3.12. The van der Waals surface area contributed by atoms with Crippen molar-refractivity contribution in [1.29, 1.82) is 0 Å². The second-order valence-electron chi connectivity index (χ2n) is 6.08. The molecule has 0 saturated heterocycles. The van der Waals surface area contributed by atoms with E-state index in [9.17, 15) is 14.4 Å². The van der Waals surface area contributed by atoms with Crippen molar-refractivity contribution < 1.29 is 19.1 Å². The van der Waals surface area contributed by atoms with Gasteiger partial charge in [-0.2, -0.15) is 0 Å². The Morgan fingerprint density at radius 3 is 2.28 bits per heavy atom. The van der Waals surface area contributed by atoms with Crippen LogP contribution in [0.3, 0.4) is 0 Å². The van der Waals surface area contributed by atoms with Crippen LogP contribution in [0.5, 0.6) is 0 Å². The van der Waals surface area contributed by atoms with Crippen LogP contribution in [0, 0.1) is 0 Å². The van der Waals surface area contributed by atoms with Gasteiger partial charge < -0.3 is 20.3 Å². The average molecular weight is 413 g/mol. The largest absolute Gasteiger partial charge is 0.466 e. The molecule has 0 aromatic heterocycles. The molecule has 0 spiro atoms. The van der Waals surface area contributed by atoms with Gasteiger partial charge in [-0.15, -0.1) is 0 Å². The standard InChI is InChI=1S/C21H23N3O4S/c1-3-28-19(26)14-13-18(25)23-21(29)22-16-11-9-15(10-12-16)20(27)24(2)17-7-5-4-6-8-17/h4-12H,3,13-14H2,1-2H3,(H2,22,23,25,29). The molecule has 2 aromatic carbocycles. The van der Waals surface area contributed by atoms with Gasteiger partial charge in [-0.1, -0.05) is 18.2 Å². The third-order valence-corrected chi connectivity index (χ3v) is 4.16. The Kier molecular flexibility index (Phi) is 8.29. The average Bonchev–Trinajstić information content (AvgIpc) is 2.72. The molecular formula is C21H23N3O4S. The molecule has 0 aliphatic heterocycles. The Labute approximate surface area is 175 Å². The van der Waals surface area contributed by atoms with Gasteiger partial charge in [0.15, 0.2) is 5.11 Å². The smallest absolute Gasteiger partial charge is 0.306 e. The molecule has 0 unspecified atom stereocenters. The minimum atomic E-state index is -0.428. The number of amides is 2. The van der Waals surface area contributed by atoms with Crippen molar-refractivity contribution in [1.82, 2.24) is 5.32 Å². The third kappa shape index (κ3) is 7.00. The molecule has 0 aliphatic carbocycles. The fraction of sp³-hybridized carbons (Fsp3) is 0.238. The molecule has 2 N–H and O–H groups in total. The lowest BCUT2D eigenvalue weighted by atomic mass is 10.1. The van der Waals surface area contributed by atoms with Crippen LogP contribution >= 0.6 is 12.2 Å². The molecular weight excluding hydrogens is 390 g/mol. The lowest BCUT2D eigenvalue weighted by Crippen LogP contribution is -2.34. The van der Waals surface area contributed by atoms with E-state index in [1.807, 2.05) is 30.3 Å². The van der Waals surface area contributed by atoms with Crippen molar-refractivity contribution >= 4 is 46.5 Å². The molecule has 0 bridgehead atoms. The van der Waals surface area contributed by atoms with Gasteiger partial charge in [-0.3, -0.25) is 14.4 Å². The van der Waals surface area contributed by atoms with E-state index in [2.05, 4.69) is 10.6 Å². The van der Waals surface area contributed by atoms with Gasteiger partial charge in [0.05, 0.1) is 13.0 Å². The third-order valence-electron chi connectivity index (χ3n) is 3.95. The van der Waals surface area contributed by atoms with Crippen LogP contribution in [0.2, 0.25) is 0 Å². The maximum atomic E-state index is 12.6. The number of hydrogen-bond acceptors (Lipinski definition) is 5. The number of nitrogens with zero attached hydrogens (tertiary/aromatic N) is 1. The van der Waals surface area contributed by atoms with Gasteiger partial charge in [0.1, 0.15) is 0 Å². The number of para-hydroxylation sites is 1. The fourth-order valence-electron chi connectivity index (χ4n) is 2.46. The molecule has 0 heterocycles. The number of carbonyl (C=O) groups is 3. The number of anilines is 2. The summed E-state index contributed by atoms with van der Waals surface area (Å²) in [6, 6.07) is 16.1. The normalized spacial score (nSPS) is 10.0. The van der Waals surface area contributed by atoms with Crippen molar-refractivity contribution in [3.05, 3.63) is 60.2 Å². The summed E-state index contributed by atoms with van der Waals surface area (Å²) >= 11 is 5.10. The van der Waals surface area contributed by atoms with Crippen molar-refractivity contribution in [2.24, 2.45) is 0 Å². The number of nitrogens with one attached hydrogen (secondary N) is 2. The zero-order valence-corrected chi connectivity index (χ0v) is 17.1. The minimum Gasteiger partial charge on any atom is -0.466 e. The summed E-state index contributed by atoms with van der Waals surface area (Å²) in [6.45, 7) is 1.98. The van der Waals surface area contributed by atoms with Crippen LogP contribution in [0.15, 0.2) is 54.6 Å². The van der Waals surface area contributed by atoms with E-state index in [0.29, 0.717) is 11.3 Å². The van der Waals surface area contributed by atoms with Crippen LogP contribution in [0.4, 0.5) is 11.4 Å². The van der Waals surface area contributed by atoms with Gasteiger partial charge in [-0.05, 0) is 55.5 Å². The zero-order chi connectivity index (χ0) is 21.2. The van der Waals surface area contributed by atoms with E-state index < -0.39 is 5.97 Å². The summed E-state index contributed by atoms with van der Waals surface area (Å²) in [4.78, 5) is 37.2. The molecule has 0 radical (unpaired) electrons. The second kappa shape index (κ2) is 10.9. The monoisotopic (exact) mass is 413 g/mol. The number of rotatable bonds is 7. The van der Waals surface area contributed by atoms with E-state index >= 15 is 0 Å². The van der Waals surface area contributed by atoms with Crippen molar-refractivity contribution in [2.75, 3.05) is 23.9 Å². The maximum Gasteiger partial charge on any atom is 0.306 e. The van der Waals surface area contributed by atoms with Gasteiger partial charge in [0.25, 0.3) is 5.91 Å². The van der Waals surface area contributed by atoms with Crippen LogP contribution in [0.1, 0.15) is 30.1 Å². The first-order valence-electron chi connectivity index (χ1n) is 9.10. The molecule has 0 atom stereocenters. The van der Waals surface area contributed by atoms with E-state index in [1.165, 1.54) is 0 Å². The van der Waals surface area contributed by atoms with Gasteiger partial charge in [0, 0.05) is 30.4 Å². The van der Waals surface area contributed by atoms with Gasteiger partial charge in [-0.25, -0.2) is 0 Å². The molecule has 29 heavy (non-hydrogen) atoms. The summed E-state index contributed by atoms with van der Waals surface area (Å²) in [5.41, 5.74) is 1.94. The van der Waals surface area contributed by atoms with Gasteiger partial charge in [0.2, 0.25) is 5.91 Å². The molecule has 8 heteroatoms. The lowest BCUT2D eigenvalue weighted by Gasteiger charge is -2.17. The fourth-order valence-corrected chi connectivity index (χ4v) is 2.69. The molecule has 2 rings (SSSR count). The number of benzene rings is 2. The van der Waals surface area contributed by atoms with Crippen molar-refractivity contribution in [3.63, 3.8) is 0 Å². The molecule has 2 aromatic rings. The van der Waals surface area contributed by atoms with E-state index in [4.69, 9.17) is 17.0 Å². The highest BCUT2D eigenvalue weighted by atomic mass is 32.1. The summed E-state index contributed by atoms with van der Waals surface area (Å²) < 4.78 is 4.77. The van der Waals surface area contributed by atoms with Crippen LogP contribution < -0.4 is 15.5 Å². The van der Waals surface area contributed by atoms with E-state index in [-0.39, 0.29) is 36.4 Å². The minimum absolute atomic E-state index is 0.00593. The maximum absolute atomic E-state index is 12.6. The number of esters is 1. The molecule has 0 aliphatic rings. The summed E-state index contributed by atoms with van der Waals surface area (Å²) in [6.07, 6.45) is -0.0199. The van der Waals surface area contributed by atoms with Crippen molar-refractivity contribution in [2.45, 2.75) is 19.8 Å². The van der Waals surface area contributed by atoms with Crippen LogP contribution in [0.25, 0.3) is 0 Å². The second-order valence-corrected chi connectivity index (χ2v) is 6.49. The SMILES string of the molecule is CCOC(=O)CCC(=O)NC(=S)Nc1ccc(C(=O)N(C)c2ccccc2)cc1.